The average molecular weight is 289 g/mol. The Morgan fingerprint density at radius 2 is 1.80 bits per heavy atom. The van der Waals surface area contributed by atoms with Gasteiger partial charge in [-0.05, 0) is 37.1 Å². The van der Waals surface area contributed by atoms with Gasteiger partial charge in [-0.1, -0.05) is 38.8 Å². The van der Waals surface area contributed by atoms with Crippen molar-refractivity contribution < 1.29 is 17.9 Å². The monoisotopic (exact) mass is 289 g/mol. The van der Waals surface area contributed by atoms with Crippen LogP contribution in [0.2, 0.25) is 0 Å². The van der Waals surface area contributed by atoms with Crippen molar-refractivity contribution in [3.63, 3.8) is 0 Å². The molecule has 2 atom stereocenters. The topological polar surface area (TPSA) is 21.3 Å². The normalized spacial score (nSPS) is 14.9. The summed E-state index contributed by atoms with van der Waals surface area (Å²) in [6.07, 6.45) is -1.40. The van der Waals surface area contributed by atoms with Gasteiger partial charge in [-0.15, -0.1) is 13.2 Å². The molecule has 1 aromatic rings. The molecule has 0 aliphatic rings. The zero-order valence-corrected chi connectivity index (χ0v) is 12.1. The molecule has 114 valence electrons. The van der Waals surface area contributed by atoms with Crippen LogP contribution in [-0.2, 0) is 0 Å². The smallest absolute Gasteiger partial charge is 0.406 e. The SMILES string of the molecule is CCCC(C)CC(NC)c1ccc(OC(F)(F)F)cc1. The first kappa shape index (κ1) is 16.8. The molecule has 0 saturated carbocycles. The first-order valence-corrected chi connectivity index (χ1v) is 6.88. The Hall–Kier alpha value is -1.23. The molecule has 0 radical (unpaired) electrons. The predicted octanol–water partition coefficient (Wildman–Crippen LogP) is 4.67. The molecule has 0 amide bonds. The average Bonchev–Trinajstić information content (AvgIpc) is 2.35. The number of alkyl halides is 3. The van der Waals surface area contributed by atoms with Crippen LogP contribution < -0.4 is 10.1 Å². The fourth-order valence-corrected chi connectivity index (χ4v) is 2.34. The summed E-state index contributed by atoms with van der Waals surface area (Å²) in [4.78, 5) is 0. The lowest BCUT2D eigenvalue weighted by atomic mass is 9.93. The Kier molecular flexibility index (Phi) is 6.33. The summed E-state index contributed by atoms with van der Waals surface area (Å²) in [5.74, 6) is 0.390. The van der Waals surface area contributed by atoms with Crippen LogP contribution in [0.4, 0.5) is 13.2 Å². The van der Waals surface area contributed by atoms with E-state index in [0.29, 0.717) is 5.92 Å². The third-order valence-electron chi connectivity index (χ3n) is 3.28. The van der Waals surface area contributed by atoms with Crippen LogP contribution >= 0.6 is 0 Å². The van der Waals surface area contributed by atoms with Gasteiger partial charge in [0.05, 0.1) is 0 Å². The van der Waals surface area contributed by atoms with Crippen LogP contribution in [0, 0.1) is 5.92 Å². The molecule has 0 heterocycles. The molecule has 2 unspecified atom stereocenters. The van der Waals surface area contributed by atoms with Gasteiger partial charge in [0.25, 0.3) is 0 Å². The maximum atomic E-state index is 12.1. The number of nitrogens with one attached hydrogen (secondary N) is 1. The summed E-state index contributed by atoms with van der Waals surface area (Å²) in [5, 5.41) is 3.21. The first-order valence-electron chi connectivity index (χ1n) is 6.88. The van der Waals surface area contributed by atoms with Crippen molar-refractivity contribution >= 4 is 0 Å². The van der Waals surface area contributed by atoms with E-state index in [1.807, 2.05) is 7.05 Å². The number of benzene rings is 1. The number of hydrogen-bond donors (Lipinski definition) is 1. The summed E-state index contributed by atoms with van der Waals surface area (Å²) in [7, 11) is 1.86. The Morgan fingerprint density at radius 3 is 2.25 bits per heavy atom. The van der Waals surface area contributed by atoms with Gasteiger partial charge in [0, 0.05) is 6.04 Å². The predicted molar refractivity (Wildman–Crippen MR) is 73.6 cm³/mol. The van der Waals surface area contributed by atoms with Crippen molar-refractivity contribution in [3.8, 4) is 5.75 Å². The van der Waals surface area contributed by atoms with Crippen LogP contribution in [0.1, 0.15) is 44.7 Å². The highest BCUT2D eigenvalue weighted by Gasteiger charge is 2.31. The molecule has 2 nitrogen and oxygen atoms in total. The third kappa shape index (κ3) is 5.82. The van der Waals surface area contributed by atoms with Gasteiger partial charge in [-0.2, -0.15) is 0 Å². The lowest BCUT2D eigenvalue weighted by Gasteiger charge is -2.21. The molecule has 0 aliphatic carbocycles. The second kappa shape index (κ2) is 7.53. The lowest BCUT2D eigenvalue weighted by Crippen LogP contribution is -2.19. The summed E-state index contributed by atoms with van der Waals surface area (Å²) in [5.41, 5.74) is 0.977. The highest BCUT2D eigenvalue weighted by Crippen LogP contribution is 2.27. The number of hydrogen-bond acceptors (Lipinski definition) is 2. The molecule has 0 bridgehead atoms. The lowest BCUT2D eigenvalue weighted by molar-refractivity contribution is -0.274. The van der Waals surface area contributed by atoms with E-state index in [9.17, 15) is 13.2 Å². The second-order valence-electron chi connectivity index (χ2n) is 5.09. The van der Waals surface area contributed by atoms with Gasteiger partial charge in [0.15, 0.2) is 0 Å². The van der Waals surface area contributed by atoms with Crippen LogP contribution in [0.25, 0.3) is 0 Å². The summed E-state index contributed by atoms with van der Waals surface area (Å²) >= 11 is 0. The molecule has 5 heteroatoms. The number of rotatable bonds is 7. The largest absolute Gasteiger partial charge is 0.573 e. The zero-order valence-electron chi connectivity index (χ0n) is 12.1. The van der Waals surface area contributed by atoms with Crippen LogP contribution in [0.3, 0.4) is 0 Å². The maximum Gasteiger partial charge on any atom is 0.573 e. The molecular weight excluding hydrogens is 267 g/mol. The zero-order chi connectivity index (χ0) is 15.2. The standard InChI is InChI=1S/C15H22F3NO/c1-4-5-11(2)10-14(19-3)12-6-8-13(9-7-12)20-15(16,17)18/h6-9,11,14,19H,4-5,10H2,1-3H3. The van der Waals surface area contributed by atoms with E-state index in [1.165, 1.54) is 12.1 Å². The molecule has 1 aromatic carbocycles. The fraction of sp³-hybridized carbons (Fsp3) is 0.600. The highest BCUT2D eigenvalue weighted by atomic mass is 19.4. The molecule has 1 N–H and O–H groups in total. The van der Waals surface area contributed by atoms with Crippen molar-refractivity contribution in [3.05, 3.63) is 29.8 Å². The van der Waals surface area contributed by atoms with Gasteiger partial charge in [-0.3, -0.25) is 0 Å². The molecular formula is C15H22F3NO. The molecule has 0 fully saturated rings. The third-order valence-corrected chi connectivity index (χ3v) is 3.28. The Balaban J connectivity index is 2.69. The molecule has 20 heavy (non-hydrogen) atoms. The minimum Gasteiger partial charge on any atom is -0.406 e. The fourth-order valence-electron chi connectivity index (χ4n) is 2.34. The quantitative estimate of drug-likeness (QED) is 0.787. The minimum absolute atomic E-state index is 0.150. The van der Waals surface area contributed by atoms with E-state index in [0.717, 1.165) is 24.8 Å². The molecule has 0 spiro atoms. The second-order valence-corrected chi connectivity index (χ2v) is 5.09. The highest BCUT2D eigenvalue weighted by molar-refractivity contribution is 5.29. The summed E-state index contributed by atoms with van der Waals surface area (Å²) in [6, 6.07) is 6.23. The Labute approximate surface area is 118 Å². The van der Waals surface area contributed by atoms with Crippen molar-refractivity contribution in [2.75, 3.05) is 7.05 Å². The summed E-state index contributed by atoms with van der Waals surface area (Å²) in [6.45, 7) is 4.34. The maximum absolute atomic E-state index is 12.1. The first-order chi connectivity index (χ1) is 9.35. The van der Waals surface area contributed by atoms with E-state index in [-0.39, 0.29) is 11.8 Å². The van der Waals surface area contributed by atoms with E-state index >= 15 is 0 Å². The van der Waals surface area contributed by atoms with E-state index in [2.05, 4.69) is 23.9 Å². The Morgan fingerprint density at radius 1 is 1.20 bits per heavy atom. The van der Waals surface area contributed by atoms with Crippen molar-refractivity contribution in [2.24, 2.45) is 5.92 Å². The molecule has 0 saturated heterocycles. The molecule has 1 rings (SSSR count). The van der Waals surface area contributed by atoms with Crippen molar-refractivity contribution in [1.82, 2.24) is 5.32 Å². The van der Waals surface area contributed by atoms with Crippen LogP contribution in [0.5, 0.6) is 5.75 Å². The van der Waals surface area contributed by atoms with Gasteiger partial charge in [0.1, 0.15) is 5.75 Å². The molecule has 0 aliphatic heterocycles. The minimum atomic E-state index is -4.64. The van der Waals surface area contributed by atoms with E-state index in [1.54, 1.807) is 12.1 Å². The van der Waals surface area contributed by atoms with Gasteiger partial charge < -0.3 is 10.1 Å². The van der Waals surface area contributed by atoms with Crippen LogP contribution in [0.15, 0.2) is 24.3 Å². The van der Waals surface area contributed by atoms with Crippen molar-refractivity contribution in [2.45, 2.75) is 45.5 Å². The van der Waals surface area contributed by atoms with Gasteiger partial charge in [0.2, 0.25) is 0 Å². The van der Waals surface area contributed by atoms with E-state index < -0.39 is 6.36 Å². The molecule has 0 aromatic heterocycles. The Bertz CT molecular complexity index is 389. The van der Waals surface area contributed by atoms with Gasteiger partial charge in [-0.25, -0.2) is 0 Å². The van der Waals surface area contributed by atoms with Gasteiger partial charge >= 0.3 is 6.36 Å². The van der Waals surface area contributed by atoms with Crippen molar-refractivity contribution in [1.29, 1.82) is 0 Å². The van der Waals surface area contributed by atoms with E-state index in [4.69, 9.17) is 0 Å². The van der Waals surface area contributed by atoms with Crippen LogP contribution in [-0.4, -0.2) is 13.4 Å². The number of ether oxygens (including phenoxy) is 1. The summed E-state index contributed by atoms with van der Waals surface area (Å²) < 4.78 is 40.1. The number of halogens is 3.